The Hall–Kier alpha value is -2.71. The van der Waals surface area contributed by atoms with E-state index < -0.39 is 0 Å². The molecule has 5 rings (SSSR count). The minimum absolute atomic E-state index is 0.0604. The Morgan fingerprint density at radius 3 is 2.97 bits per heavy atom. The van der Waals surface area contributed by atoms with Gasteiger partial charge in [-0.3, -0.25) is 14.8 Å². The monoisotopic (exact) mass is 437 g/mol. The van der Waals surface area contributed by atoms with Crippen molar-refractivity contribution in [1.82, 2.24) is 25.0 Å². The number of thiazole rings is 1. The predicted molar refractivity (Wildman–Crippen MR) is 122 cm³/mol. The van der Waals surface area contributed by atoms with Gasteiger partial charge in [-0.2, -0.15) is 5.10 Å². The smallest absolute Gasteiger partial charge is 0.282 e. The average molecular weight is 438 g/mol. The summed E-state index contributed by atoms with van der Waals surface area (Å²) in [6.45, 7) is 8.58. The van der Waals surface area contributed by atoms with E-state index >= 15 is 0 Å². The van der Waals surface area contributed by atoms with Crippen LogP contribution in [-0.2, 0) is 6.42 Å². The van der Waals surface area contributed by atoms with Crippen molar-refractivity contribution in [3.63, 3.8) is 0 Å². The highest BCUT2D eigenvalue weighted by molar-refractivity contribution is 7.14. The number of hydrogen-bond donors (Lipinski definition) is 1. The van der Waals surface area contributed by atoms with E-state index in [1.54, 1.807) is 6.20 Å². The summed E-state index contributed by atoms with van der Waals surface area (Å²) in [4.78, 5) is 23.6. The number of carbonyl (C=O) groups excluding carboxylic acids is 1. The second-order valence-corrected chi connectivity index (χ2v) is 9.09. The third-order valence-electron chi connectivity index (χ3n) is 6.31. The summed E-state index contributed by atoms with van der Waals surface area (Å²) < 4.78 is 6.03. The lowest BCUT2D eigenvalue weighted by molar-refractivity contribution is 0.0777. The minimum atomic E-state index is 0.0604. The van der Waals surface area contributed by atoms with Crippen molar-refractivity contribution in [2.75, 3.05) is 32.8 Å². The summed E-state index contributed by atoms with van der Waals surface area (Å²) in [5, 5.41) is 7.47. The molecule has 1 amide bonds. The molecule has 0 radical (unpaired) electrons. The molecule has 2 aliphatic heterocycles. The normalized spacial score (nSPS) is 17.9. The van der Waals surface area contributed by atoms with Crippen LogP contribution in [0.25, 0.3) is 22.4 Å². The van der Waals surface area contributed by atoms with Gasteiger partial charge in [0.1, 0.15) is 5.75 Å². The summed E-state index contributed by atoms with van der Waals surface area (Å²) in [7, 11) is 0. The highest BCUT2D eigenvalue weighted by Gasteiger charge is 2.32. The Morgan fingerprint density at radius 2 is 2.19 bits per heavy atom. The van der Waals surface area contributed by atoms with Crippen LogP contribution in [0.1, 0.15) is 34.9 Å². The zero-order valence-corrected chi connectivity index (χ0v) is 18.7. The summed E-state index contributed by atoms with van der Waals surface area (Å²) in [6.07, 6.45) is 5.46. The molecule has 1 fully saturated rings. The van der Waals surface area contributed by atoms with Gasteiger partial charge in [0.15, 0.2) is 5.01 Å². The van der Waals surface area contributed by atoms with Crippen LogP contribution in [0.5, 0.6) is 5.75 Å². The molecule has 7 nitrogen and oxygen atoms in total. The van der Waals surface area contributed by atoms with E-state index in [-0.39, 0.29) is 5.91 Å². The molecule has 8 heteroatoms. The topological polar surface area (TPSA) is 74.3 Å². The molecular weight excluding hydrogens is 410 g/mol. The number of likely N-dealkylation sites (tertiary alicyclic amines) is 1. The van der Waals surface area contributed by atoms with E-state index in [2.05, 4.69) is 35.0 Å². The number of rotatable bonds is 5. The van der Waals surface area contributed by atoms with E-state index in [1.807, 2.05) is 23.2 Å². The van der Waals surface area contributed by atoms with E-state index in [1.165, 1.54) is 11.3 Å². The summed E-state index contributed by atoms with van der Waals surface area (Å²) in [6, 6.07) is 6.58. The Morgan fingerprint density at radius 1 is 1.32 bits per heavy atom. The first-order chi connectivity index (χ1) is 15.2. The van der Waals surface area contributed by atoms with E-state index in [0.717, 1.165) is 72.0 Å². The third-order valence-corrected chi connectivity index (χ3v) is 7.42. The number of benzene rings is 1. The number of H-pyrrole nitrogens is 1. The number of carbonyl (C=O) groups is 1. The van der Waals surface area contributed by atoms with Crippen LogP contribution in [0.2, 0.25) is 0 Å². The van der Waals surface area contributed by atoms with Crippen molar-refractivity contribution in [3.05, 3.63) is 40.5 Å². The van der Waals surface area contributed by atoms with Gasteiger partial charge in [-0.1, -0.05) is 19.9 Å². The lowest BCUT2D eigenvalue weighted by Gasteiger charge is -2.25. The van der Waals surface area contributed by atoms with Gasteiger partial charge in [0.05, 0.1) is 18.5 Å². The largest absolute Gasteiger partial charge is 0.492 e. The van der Waals surface area contributed by atoms with Crippen molar-refractivity contribution < 1.29 is 9.53 Å². The summed E-state index contributed by atoms with van der Waals surface area (Å²) in [5.41, 5.74) is 3.90. The Kier molecular flexibility index (Phi) is 5.50. The molecule has 0 saturated carbocycles. The minimum Gasteiger partial charge on any atom is -0.492 e. The lowest BCUT2D eigenvalue weighted by atomic mass is 10.0. The van der Waals surface area contributed by atoms with Crippen molar-refractivity contribution in [1.29, 1.82) is 0 Å². The van der Waals surface area contributed by atoms with Gasteiger partial charge < -0.3 is 9.64 Å². The maximum Gasteiger partial charge on any atom is 0.282 e. The molecular formula is C23H27N5O2S. The summed E-state index contributed by atoms with van der Waals surface area (Å²) >= 11 is 1.52. The van der Waals surface area contributed by atoms with Gasteiger partial charge in [-0.25, -0.2) is 4.98 Å². The van der Waals surface area contributed by atoms with Gasteiger partial charge in [-0.15, -0.1) is 11.3 Å². The molecule has 0 bridgehead atoms. The van der Waals surface area contributed by atoms with Crippen LogP contribution in [0.3, 0.4) is 0 Å². The van der Waals surface area contributed by atoms with Crippen LogP contribution >= 0.6 is 11.3 Å². The molecule has 1 unspecified atom stereocenters. The number of hydrogen-bond acceptors (Lipinski definition) is 6. The molecule has 0 aliphatic carbocycles. The SMILES string of the molecule is CCN(CC)C1CCN(C(=O)c2nc3c(s2)CCOc2cc(-c4cn[nH]c4)ccc2-3)C1. The van der Waals surface area contributed by atoms with Crippen LogP contribution in [0, 0.1) is 0 Å². The molecule has 2 aromatic heterocycles. The number of likely N-dealkylation sites (N-methyl/N-ethyl adjacent to an activating group) is 1. The first-order valence-electron chi connectivity index (χ1n) is 11.0. The third kappa shape index (κ3) is 3.74. The fourth-order valence-corrected chi connectivity index (χ4v) is 5.63. The lowest BCUT2D eigenvalue weighted by Crippen LogP contribution is -2.38. The molecule has 1 N–H and O–H groups in total. The van der Waals surface area contributed by atoms with Crippen molar-refractivity contribution in [2.24, 2.45) is 0 Å². The van der Waals surface area contributed by atoms with Crippen molar-refractivity contribution >= 4 is 17.2 Å². The highest BCUT2D eigenvalue weighted by Crippen LogP contribution is 2.40. The Balaban J connectivity index is 1.41. The first kappa shape index (κ1) is 20.2. The van der Waals surface area contributed by atoms with Crippen LogP contribution in [0.15, 0.2) is 30.6 Å². The fourth-order valence-electron chi connectivity index (χ4n) is 4.60. The van der Waals surface area contributed by atoms with Gasteiger partial charge in [-0.05, 0) is 37.2 Å². The van der Waals surface area contributed by atoms with E-state index in [9.17, 15) is 4.79 Å². The number of fused-ring (bicyclic) bond motifs is 3. The predicted octanol–water partition coefficient (Wildman–Crippen LogP) is 3.69. The molecule has 162 valence electrons. The maximum absolute atomic E-state index is 13.2. The van der Waals surface area contributed by atoms with Crippen LogP contribution in [-0.4, -0.2) is 69.7 Å². The van der Waals surface area contributed by atoms with Crippen molar-refractivity contribution in [2.45, 2.75) is 32.7 Å². The number of amides is 1. The molecule has 1 aromatic carbocycles. The quantitative estimate of drug-likeness (QED) is 0.659. The number of nitrogens with zero attached hydrogens (tertiary/aromatic N) is 4. The van der Waals surface area contributed by atoms with Gasteiger partial charge in [0.25, 0.3) is 5.91 Å². The maximum atomic E-state index is 13.2. The zero-order valence-electron chi connectivity index (χ0n) is 17.9. The van der Waals surface area contributed by atoms with Crippen molar-refractivity contribution in [3.8, 4) is 28.1 Å². The number of aromatic amines is 1. The molecule has 1 saturated heterocycles. The molecule has 4 heterocycles. The average Bonchev–Trinajstić information content (AvgIpc) is 3.54. The van der Waals surface area contributed by atoms with Gasteiger partial charge >= 0.3 is 0 Å². The molecule has 31 heavy (non-hydrogen) atoms. The summed E-state index contributed by atoms with van der Waals surface area (Å²) in [5.74, 6) is 0.870. The Bertz CT molecular complexity index is 1070. The molecule has 3 aromatic rings. The number of aromatic nitrogens is 3. The highest BCUT2D eigenvalue weighted by atomic mass is 32.1. The van der Waals surface area contributed by atoms with Gasteiger partial charge in [0.2, 0.25) is 0 Å². The van der Waals surface area contributed by atoms with Crippen LogP contribution in [0.4, 0.5) is 0 Å². The van der Waals surface area contributed by atoms with Crippen LogP contribution < -0.4 is 4.74 Å². The standard InChI is InChI=1S/C23H27N5O2S/c1-3-27(4-2)17-7-9-28(14-17)23(29)22-26-21-18-6-5-15(16-12-24-25-13-16)11-19(18)30-10-8-20(21)31-22/h5-6,11-13,17H,3-4,7-10,14H2,1-2H3,(H,24,25). The van der Waals surface area contributed by atoms with E-state index in [4.69, 9.17) is 9.72 Å². The molecule has 1 atom stereocenters. The fraction of sp³-hybridized carbons (Fsp3) is 0.435. The molecule has 2 aliphatic rings. The van der Waals surface area contributed by atoms with Gasteiger partial charge in [0, 0.05) is 47.8 Å². The van der Waals surface area contributed by atoms with E-state index in [0.29, 0.717) is 17.7 Å². The Labute approximate surface area is 186 Å². The number of nitrogens with one attached hydrogen (secondary N) is 1. The first-order valence-corrected chi connectivity index (χ1v) is 11.8. The second-order valence-electron chi connectivity index (χ2n) is 8.00. The number of ether oxygens (including phenoxy) is 1. The zero-order chi connectivity index (χ0) is 21.4. The second kappa shape index (κ2) is 8.43. The molecule has 0 spiro atoms.